The summed E-state index contributed by atoms with van der Waals surface area (Å²) >= 11 is 1.41. The summed E-state index contributed by atoms with van der Waals surface area (Å²) in [5, 5.41) is 6.16. The normalized spacial score (nSPS) is 24.0. The van der Waals surface area contributed by atoms with Crippen molar-refractivity contribution >= 4 is 22.4 Å². The number of benzene rings is 1. The van der Waals surface area contributed by atoms with Crippen LogP contribution in [0.1, 0.15) is 31.2 Å². The standard InChI is InChI=1S/C20H22F2N2O2S/c21-17-6-3-13(10-18(17)22)11-24(19-2-1-7-27-19)20(25)26-12-14-8-15-4-5-16(9-14)23-15/h1-3,6-7,10,14-16,23H,4-5,8-9,11-12H2. The fourth-order valence-electron chi connectivity index (χ4n) is 4.05. The third-order valence-corrected chi connectivity index (χ3v) is 6.22. The molecule has 0 aliphatic carbocycles. The number of piperidine rings is 1. The molecule has 2 saturated heterocycles. The minimum absolute atomic E-state index is 0.133. The second kappa shape index (κ2) is 7.94. The zero-order chi connectivity index (χ0) is 18.8. The summed E-state index contributed by atoms with van der Waals surface area (Å²) in [6.45, 7) is 0.529. The van der Waals surface area contributed by atoms with Crippen molar-refractivity contribution < 1.29 is 18.3 Å². The number of amides is 1. The molecule has 4 nitrogen and oxygen atoms in total. The molecule has 1 aromatic carbocycles. The second-order valence-electron chi connectivity index (χ2n) is 7.34. The molecule has 2 aromatic rings. The Morgan fingerprint density at radius 1 is 1.19 bits per heavy atom. The van der Waals surface area contributed by atoms with Gasteiger partial charge in [-0.05, 0) is 66.8 Å². The first-order valence-electron chi connectivity index (χ1n) is 9.26. The minimum Gasteiger partial charge on any atom is -0.449 e. The Kier molecular flexibility index (Phi) is 5.41. The highest BCUT2D eigenvalue weighted by Crippen LogP contribution is 2.31. The number of hydrogen-bond donors (Lipinski definition) is 1. The molecule has 3 heterocycles. The van der Waals surface area contributed by atoms with Gasteiger partial charge in [-0.3, -0.25) is 4.90 Å². The molecule has 1 aromatic heterocycles. The van der Waals surface area contributed by atoms with Crippen LogP contribution in [-0.4, -0.2) is 24.8 Å². The average molecular weight is 392 g/mol. The van der Waals surface area contributed by atoms with Crippen LogP contribution in [0.3, 0.4) is 0 Å². The van der Waals surface area contributed by atoms with Crippen molar-refractivity contribution in [1.82, 2.24) is 5.32 Å². The molecule has 0 spiro atoms. The van der Waals surface area contributed by atoms with Crippen LogP contribution >= 0.6 is 11.3 Å². The van der Waals surface area contributed by atoms with Crippen LogP contribution in [0.2, 0.25) is 0 Å². The number of ether oxygens (including phenoxy) is 1. The summed E-state index contributed by atoms with van der Waals surface area (Å²) in [5.74, 6) is -1.44. The fourth-order valence-corrected chi connectivity index (χ4v) is 4.77. The van der Waals surface area contributed by atoms with Crippen molar-refractivity contribution in [1.29, 1.82) is 0 Å². The van der Waals surface area contributed by atoms with Crippen molar-refractivity contribution in [3.05, 3.63) is 52.9 Å². The van der Waals surface area contributed by atoms with E-state index < -0.39 is 17.7 Å². The lowest BCUT2D eigenvalue weighted by Crippen LogP contribution is -2.40. The zero-order valence-electron chi connectivity index (χ0n) is 14.9. The predicted octanol–water partition coefficient (Wildman–Crippen LogP) is 4.70. The van der Waals surface area contributed by atoms with Crippen molar-refractivity contribution in [2.75, 3.05) is 11.5 Å². The van der Waals surface area contributed by atoms with Crippen LogP contribution in [0.15, 0.2) is 35.7 Å². The van der Waals surface area contributed by atoms with Gasteiger partial charge >= 0.3 is 6.09 Å². The lowest BCUT2D eigenvalue weighted by molar-refractivity contribution is 0.116. The molecule has 1 amide bonds. The molecule has 2 aliphatic heterocycles. The molecule has 27 heavy (non-hydrogen) atoms. The molecule has 2 atom stereocenters. The summed E-state index contributed by atoms with van der Waals surface area (Å²) in [6, 6.07) is 8.43. The van der Waals surface area contributed by atoms with Gasteiger partial charge in [-0.2, -0.15) is 0 Å². The molecule has 2 bridgehead atoms. The Bertz CT molecular complexity index is 787. The Balaban J connectivity index is 1.42. The minimum atomic E-state index is -0.919. The van der Waals surface area contributed by atoms with Gasteiger partial charge in [0.25, 0.3) is 0 Å². The highest BCUT2D eigenvalue weighted by atomic mass is 32.1. The van der Waals surface area contributed by atoms with E-state index in [9.17, 15) is 13.6 Å². The van der Waals surface area contributed by atoms with E-state index in [0.717, 1.165) is 30.0 Å². The molecule has 1 N–H and O–H groups in total. The topological polar surface area (TPSA) is 41.6 Å². The van der Waals surface area contributed by atoms with E-state index in [0.29, 0.717) is 30.2 Å². The van der Waals surface area contributed by atoms with Crippen LogP contribution in [0.5, 0.6) is 0 Å². The molecular weight excluding hydrogens is 370 g/mol. The van der Waals surface area contributed by atoms with E-state index in [-0.39, 0.29) is 6.54 Å². The number of carbonyl (C=O) groups excluding carboxylic acids is 1. The maximum absolute atomic E-state index is 13.5. The van der Waals surface area contributed by atoms with Crippen molar-refractivity contribution in [3.63, 3.8) is 0 Å². The summed E-state index contributed by atoms with van der Waals surface area (Å²) in [4.78, 5) is 14.2. The van der Waals surface area contributed by atoms with Gasteiger partial charge in [0.05, 0.1) is 13.2 Å². The first-order chi connectivity index (χ1) is 13.1. The highest BCUT2D eigenvalue weighted by molar-refractivity contribution is 7.14. The smallest absolute Gasteiger partial charge is 0.415 e. The molecule has 144 valence electrons. The number of thiophene rings is 1. The third kappa shape index (κ3) is 4.30. The Hall–Kier alpha value is -1.99. The number of nitrogens with zero attached hydrogens (tertiary/aromatic N) is 1. The van der Waals surface area contributed by atoms with Crippen molar-refractivity contribution in [2.45, 2.75) is 44.3 Å². The van der Waals surface area contributed by atoms with Crippen LogP contribution in [-0.2, 0) is 11.3 Å². The number of halogens is 2. The largest absolute Gasteiger partial charge is 0.449 e. The van der Waals surface area contributed by atoms with E-state index in [1.807, 2.05) is 17.5 Å². The Morgan fingerprint density at radius 3 is 2.63 bits per heavy atom. The van der Waals surface area contributed by atoms with Gasteiger partial charge < -0.3 is 10.1 Å². The summed E-state index contributed by atoms with van der Waals surface area (Å²) < 4.78 is 32.3. The van der Waals surface area contributed by atoms with Gasteiger partial charge in [-0.1, -0.05) is 6.07 Å². The fraction of sp³-hybridized carbons (Fsp3) is 0.450. The summed E-state index contributed by atoms with van der Waals surface area (Å²) in [7, 11) is 0. The van der Waals surface area contributed by atoms with Gasteiger partial charge in [-0.25, -0.2) is 13.6 Å². The predicted molar refractivity (Wildman–Crippen MR) is 101 cm³/mol. The summed E-state index contributed by atoms with van der Waals surface area (Å²) in [6.07, 6.45) is 4.02. The number of carbonyl (C=O) groups is 1. The van der Waals surface area contributed by atoms with Gasteiger partial charge in [0, 0.05) is 12.1 Å². The number of hydrogen-bond acceptors (Lipinski definition) is 4. The van der Waals surface area contributed by atoms with Gasteiger partial charge in [-0.15, -0.1) is 11.3 Å². The molecular formula is C20H22F2N2O2S. The van der Waals surface area contributed by atoms with Crippen molar-refractivity contribution in [3.8, 4) is 0 Å². The average Bonchev–Trinajstić information content (AvgIpc) is 3.30. The molecule has 0 radical (unpaired) electrons. The number of fused-ring (bicyclic) bond motifs is 2. The monoisotopic (exact) mass is 392 g/mol. The van der Waals surface area contributed by atoms with Crippen LogP contribution in [0.25, 0.3) is 0 Å². The van der Waals surface area contributed by atoms with E-state index in [1.54, 1.807) is 0 Å². The molecule has 2 unspecified atom stereocenters. The van der Waals surface area contributed by atoms with E-state index in [2.05, 4.69) is 5.32 Å². The zero-order valence-corrected chi connectivity index (χ0v) is 15.7. The van der Waals surface area contributed by atoms with E-state index >= 15 is 0 Å². The molecule has 0 saturated carbocycles. The number of anilines is 1. The third-order valence-electron chi connectivity index (χ3n) is 5.33. The van der Waals surface area contributed by atoms with Gasteiger partial charge in [0.1, 0.15) is 5.00 Å². The second-order valence-corrected chi connectivity index (χ2v) is 8.26. The number of rotatable bonds is 5. The number of nitrogens with one attached hydrogen (secondary N) is 1. The lowest BCUT2D eigenvalue weighted by atomic mass is 9.93. The molecule has 2 fully saturated rings. The molecule has 2 aliphatic rings. The lowest BCUT2D eigenvalue weighted by Gasteiger charge is -2.29. The van der Waals surface area contributed by atoms with Crippen LogP contribution in [0.4, 0.5) is 18.6 Å². The maximum Gasteiger partial charge on any atom is 0.415 e. The van der Waals surface area contributed by atoms with E-state index in [4.69, 9.17) is 4.74 Å². The van der Waals surface area contributed by atoms with Gasteiger partial charge in [0.2, 0.25) is 0 Å². The Labute approximate surface area is 161 Å². The van der Waals surface area contributed by atoms with Gasteiger partial charge in [0.15, 0.2) is 11.6 Å². The first-order valence-corrected chi connectivity index (χ1v) is 10.1. The quantitative estimate of drug-likeness (QED) is 0.802. The highest BCUT2D eigenvalue weighted by Gasteiger charge is 2.34. The van der Waals surface area contributed by atoms with E-state index in [1.165, 1.54) is 35.1 Å². The molecule has 4 rings (SSSR count). The first kappa shape index (κ1) is 18.4. The Morgan fingerprint density at radius 2 is 1.96 bits per heavy atom. The van der Waals surface area contributed by atoms with Crippen LogP contribution in [0, 0.1) is 17.6 Å². The summed E-state index contributed by atoms with van der Waals surface area (Å²) in [5.41, 5.74) is 0.513. The maximum atomic E-state index is 13.5. The SMILES string of the molecule is O=C(OCC1CC2CCC(C1)N2)N(Cc1ccc(F)c(F)c1)c1cccs1. The van der Waals surface area contributed by atoms with Crippen molar-refractivity contribution in [2.24, 2.45) is 5.92 Å². The molecule has 7 heteroatoms. The van der Waals surface area contributed by atoms with Crippen LogP contribution < -0.4 is 10.2 Å².